The van der Waals surface area contributed by atoms with E-state index in [1.54, 1.807) is 34.9 Å². The molecule has 6 aromatic rings. The van der Waals surface area contributed by atoms with Crippen LogP contribution >= 0.6 is 34.9 Å². The molecule has 6 rings (SSSR count). The van der Waals surface area contributed by atoms with Gasteiger partial charge in [-0.3, -0.25) is 0 Å². The van der Waals surface area contributed by atoms with Crippen LogP contribution in [0.1, 0.15) is 17.3 Å². The monoisotopic (exact) mass is 528 g/mol. The van der Waals surface area contributed by atoms with Crippen molar-refractivity contribution < 1.29 is 4.42 Å². The number of fused-ring (bicyclic) bond motifs is 1. The number of para-hydroxylation sites is 1. The van der Waals surface area contributed by atoms with Gasteiger partial charge in [0.15, 0.2) is 9.50 Å². The molecule has 0 saturated heterocycles. The Balaban J connectivity index is 1.20. The fraction of sp³-hybridized carbons (Fsp3) is 0.115. The molecule has 0 spiro atoms. The molecule has 0 aliphatic carbocycles. The SMILES string of the molecule is c1ccc(Cn2c(CSc3nc4ccccc4s3)nnc2SCc2nnc(-c3ccccc3)o2)cc1. The molecule has 0 amide bonds. The summed E-state index contributed by atoms with van der Waals surface area (Å²) in [5.41, 5.74) is 3.12. The lowest BCUT2D eigenvalue weighted by molar-refractivity contribution is 0.528. The Hall–Kier alpha value is -3.47. The van der Waals surface area contributed by atoms with E-state index in [2.05, 4.69) is 43.2 Å². The molecule has 0 atom stereocenters. The standard InChI is InChI=1S/C26H20N6OS3/c1-3-9-18(10-4-1)15-32-22(16-35-26-27-20-13-7-8-14-21(20)36-26)28-31-25(32)34-17-23-29-30-24(33-23)19-11-5-2-6-12-19/h1-14H,15-17H2. The molecule has 0 radical (unpaired) electrons. The summed E-state index contributed by atoms with van der Waals surface area (Å²) in [5, 5.41) is 18.3. The van der Waals surface area contributed by atoms with E-state index in [0.717, 1.165) is 26.4 Å². The van der Waals surface area contributed by atoms with Gasteiger partial charge in [-0.25, -0.2) is 4.98 Å². The first-order valence-electron chi connectivity index (χ1n) is 11.3. The molecule has 3 aromatic heterocycles. The van der Waals surface area contributed by atoms with Crippen molar-refractivity contribution in [2.24, 2.45) is 0 Å². The minimum absolute atomic E-state index is 0.512. The first kappa shape index (κ1) is 23.0. The van der Waals surface area contributed by atoms with Gasteiger partial charge >= 0.3 is 0 Å². The molecule has 0 aliphatic rings. The lowest BCUT2D eigenvalue weighted by Crippen LogP contribution is -2.06. The van der Waals surface area contributed by atoms with E-state index in [0.29, 0.717) is 29.8 Å². The normalized spacial score (nSPS) is 11.3. The average molecular weight is 529 g/mol. The smallest absolute Gasteiger partial charge is 0.247 e. The Kier molecular flexibility index (Phi) is 6.79. The van der Waals surface area contributed by atoms with Crippen molar-refractivity contribution in [1.29, 1.82) is 0 Å². The van der Waals surface area contributed by atoms with Crippen LogP contribution in [-0.4, -0.2) is 29.9 Å². The van der Waals surface area contributed by atoms with Gasteiger partial charge in [0.25, 0.3) is 0 Å². The number of aromatic nitrogens is 6. The van der Waals surface area contributed by atoms with Crippen molar-refractivity contribution in [3.05, 3.63) is 102 Å². The quantitative estimate of drug-likeness (QED) is 0.195. The van der Waals surface area contributed by atoms with Gasteiger partial charge in [0.2, 0.25) is 11.8 Å². The van der Waals surface area contributed by atoms with Crippen LogP contribution in [0.25, 0.3) is 21.7 Å². The summed E-state index contributed by atoms with van der Waals surface area (Å²) in [5.74, 6) is 3.17. The van der Waals surface area contributed by atoms with Crippen molar-refractivity contribution in [2.75, 3.05) is 0 Å². The molecule has 3 heterocycles. The van der Waals surface area contributed by atoms with Crippen LogP contribution in [0.2, 0.25) is 0 Å². The third kappa shape index (κ3) is 5.20. The molecule has 3 aromatic carbocycles. The van der Waals surface area contributed by atoms with Crippen molar-refractivity contribution in [3.8, 4) is 11.5 Å². The first-order valence-corrected chi connectivity index (χ1v) is 14.1. The zero-order chi connectivity index (χ0) is 24.2. The summed E-state index contributed by atoms with van der Waals surface area (Å²) >= 11 is 4.93. The van der Waals surface area contributed by atoms with Crippen LogP contribution in [0, 0.1) is 0 Å². The number of benzene rings is 3. The fourth-order valence-electron chi connectivity index (χ4n) is 3.63. The van der Waals surface area contributed by atoms with Crippen LogP contribution in [0.5, 0.6) is 0 Å². The van der Waals surface area contributed by atoms with Crippen LogP contribution in [0.3, 0.4) is 0 Å². The van der Waals surface area contributed by atoms with E-state index in [1.807, 2.05) is 66.7 Å². The van der Waals surface area contributed by atoms with E-state index in [-0.39, 0.29) is 0 Å². The van der Waals surface area contributed by atoms with Gasteiger partial charge < -0.3 is 8.98 Å². The molecule has 0 N–H and O–H groups in total. The van der Waals surface area contributed by atoms with E-state index < -0.39 is 0 Å². The van der Waals surface area contributed by atoms with Crippen LogP contribution in [-0.2, 0) is 18.1 Å². The van der Waals surface area contributed by atoms with Crippen molar-refractivity contribution in [3.63, 3.8) is 0 Å². The molecule has 0 fully saturated rings. The zero-order valence-corrected chi connectivity index (χ0v) is 21.5. The minimum Gasteiger partial charge on any atom is -0.420 e. The fourth-order valence-corrected chi connectivity index (χ4v) is 6.43. The van der Waals surface area contributed by atoms with Gasteiger partial charge in [0.05, 0.1) is 28.3 Å². The van der Waals surface area contributed by atoms with Gasteiger partial charge in [-0.1, -0.05) is 84.2 Å². The van der Waals surface area contributed by atoms with E-state index >= 15 is 0 Å². The van der Waals surface area contributed by atoms with Crippen LogP contribution in [0.4, 0.5) is 0 Å². The minimum atomic E-state index is 0.512. The molecular formula is C26H20N6OS3. The second-order valence-corrected chi connectivity index (χ2v) is 11.1. The molecule has 0 aliphatic heterocycles. The number of rotatable bonds is 9. The van der Waals surface area contributed by atoms with Gasteiger partial charge in [-0.2, -0.15) is 0 Å². The predicted molar refractivity (Wildman–Crippen MR) is 144 cm³/mol. The Bertz CT molecular complexity index is 1550. The molecule has 7 nitrogen and oxygen atoms in total. The molecule has 0 saturated carbocycles. The number of thioether (sulfide) groups is 2. The summed E-state index contributed by atoms with van der Waals surface area (Å²) < 4.78 is 10.3. The summed E-state index contributed by atoms with van der Waals surface area (Å²) in [6.07, 6.45) is 0. The third-order valence-corrected chi connectivity index (χ3v) is 8.52. The highest BCUT2D eigenvalue weighted by Crippen LogP contribution is 2.32. The topological polar surface area (TPSA) is 82.5 Å². The summed E-state index contributed by atoms with van der Waals surface area (Å²) in [6.45, 7) is 0.686. The largest absolute Gasteiger partial charge is 0.420 e. The van der Waals surface area contributed by atoms with Crippen molar-refractivity contribution in [2.45, 2.75) is 27.5 Å². The van der Waals surface area contributed by atoms with Gasteiger partial charge in [0.1, 0.15) is 5.82 Å². The summed E-state index contributed by atoms with van der Waals surface area (Å²) in [7, 11) is 0. The molecule has 36 heavy (non-hydrogen) atoms. The molecule has 0 bridgehead atoms. The number of nitrogens with zero attached hydrogens (tertiary/aromatic N) is 6. The molecule has 0 unspecified atom stereocenters. The van der Waals surface area contributed by atoms with Crippen molar-refractivity contribution in [1.82, 2.24) is 29.9 Å². The van der Waals surface area contributed by atoms with Crippen LogP contribution < -0.4 is 0 Å². The maximum atomic E-state index is 5.88. The first-order chi connectivity index (χ1) is 17.8. The summed E-state index contributed by atoms with van der Waals surface area (Å²) in [6, 6.07) is 28.3. The predicted octanol–water partition coefficient (Wildman–Crippen LogP) is 6.57. The van der Waals surface area contributed by atoms with E-state index in [9.17, 15) is 0 Å². The Labute approximate surface area is 220 Å². The molecular weight excluding hydrogens is 509 g/mol. The number of hydrogen-bond donors (Lipinski definition) is 0. The second kappa shape index (κ2) is 10.7. The van der Waals surface area contributed by atoms with Crippen LogP contribution in [0.15, 0.2) is 98.8 Å². The second-order valence-electron chi connectivity index (χ2n) is 7.86. The Morgan fingerprint density at radius 3 is 2.36 bits per heavy atom. The third-order valence-electron chi connectivity index (χ3n) is 5.39. The van der Waals surface area contributed by atoms with Crippen molar-refractivity contribution >= 4 is 45.1 Å². The highest BCUT2D eigenvalue weighted by atomic mass is 32.2. The summed E-state index contributed by atoms with van der Waals surface area (Å²) in [4.78, 5) is 4.74. The Morgan fingerprint density at radius 1 is 0.750 bits per heavy atom. The highest BCUT2D eigenvalue weighted by molar-refractivity contribution is 8.00. The van der Waals surface area contributed by atoms with E-state index in [1.165, 1.54) is 10.3 Å². The number of hydrogen-bond acceptors (Lipinski definition) is 9. The number of thiazole rings is 1. The van der Waals surface area contributed by atoms with Gasteiger partial charge in [-0.05, 0) is 29.8 Å². The highest BCUT2D eigenvalue weighted by Gasteiger charge is 2.17. The maximum Gasteiger partial charge on any atom is 0.247 e. The average Bonchev–Trinajstić information content (AvgIpc) is 3.66. The van der Waals surface area contributed by atoms with Gasteiger partial charge in [0, 0.05) is 5.56 Å². The molecule has 10 heteroatoms. The molecule has 178 valence electrons. The lowest BCUT2D eigenvalue weighted by atomic mass is 10.2. The zero-order valence-electron chi connectivity index (χ0n) is 19.0. The van der Waals surface area contributed by atoms with E-state index in [4.69, 9.17) is 9.40 Å². The van der Waals surface area contributed by atoms with Gasteiger partial charge in [-0.15, -0.1) is 31.7 Å². The maximum absolute atomic E-state index is 5.88. The lowest BCUT2D eigenvalue weighted by Gasteiger charge is -2.09. The Morgan fingerprint density at radius 2 is 1.53 bits per heavy atom.